The molecule has 0 aliphatic carbocycles. The Morgan fingerprint density at radius 1 is 0.645 bits per heavy atom. The van der Waals surface area contributed by atoms with Crippen LogP contribution in [0, 0.1) is 0 Å². The van der Waals surface area contributed by atoms with E-state index in [1.807, 2.05) is 24.3 Å². The zero-order valence-electron chi connectivity index (χ0n) is 19.6. The van der Waals surface area contributed by atoms with Gasteiger partial charge in [0.05, 0.1) is 24.3 Å². The Morgan fingerprint density at radius 2 is 0.968 bits per heavy atom. The van der Waals surface area contributed by atoms with Gasteiger partial charge in [-0.05, 0) is 60.6 Å². The van der Waals surface area contributed by atoms with E-state index in [9.17, 15) is 9.59 Å². The maximum Gasteiger partial charge on any atom is 0.338 e. The summed E-state index contributed by atoms with van der Waals surface area (Å²) in [7, 11) is -2.44. The Balaban J connectivity index is 1.86. The maximum atomic E-state index is 12.2. The highest BCUT2D eigenvalue weighted by Gasteiger charge is 2.16. The lowest BCUT2D eigenvalue weighted by molar-refractivity contribution is 0.0515. The summed E-state index contributed by atoms with van der Waals surface area (Å²) in [6.45, 7) is 14.5. The summed E-state index contributed by atoms with van der Waals surface area (Å²) >= 11 is 0. The number of hydrogen-bond acceptors (Lipinski definition) is 5. The van der Waals surface area contributed by atoms with E-state index < -0.39 is 16.1 Å². The highest BCUT2D eigenvalue weighted by atomic mass is 28.3. The Bertz CT molecular complexity index is 793. The first-order chi connectivity index (χ1) is 14.4. The van der Waals surface area contributed by atoms with Crippen molar-refractivity contribution < 1.29 is 19.1 Å². The topological polar surface area (TPSA) is 64.6 Å². The van der Waals surface area contributed by atoms with Crippen LogP contribution in [0.3, 0.4) is 0 Å². The maximum absolute atomic E-state index is 12.2. The predicted molar refractivity (Wildman–Crippen MR) is 133 cm³/mol. The van der Waals surface area contributed by atoms with Crippen LogP contribution < -0.4 is 5.32 Å². The zero-order chi connectivity index (χ0) is 23.1. The molecule has 0 heterocycles. The largest absolute Gasteiger partial charge is 0.462 e. The molecule has 0 atom stereocenters. The average molecular weight is 458 g/mol. The molecule has 0 spiro atoms. The molecular weight excluding hydrogens is 422 g/mol. The molecule has 7 heteroatoms. The van der Waals surface area contributed by atoms with E-state index in [1.54, 1.807) is 24.3 Å². The third-order valence-electron chi connectivity index (χ3n) is 4.70. The van der Waals surface area contributed by atoms with Crippen LogP contribution in [0.5, 0.6) is 0 Å². The Hall–Kier alpha value is -2.39. The molecule has 0 saturated heterocycles. The molecule has 0 fully saturated rings. The van der Waals surface area contributed by atoms with Crippen LogP contribution in [0.1, 0.15) is 20.7 Å². The smallest absolute Gasteiger partial charge is 0.338 e. The van der Waals surface area contributed by atoms with Crippen molar-refractivity contribution in [1.82, 2.24) is 0 Å². The lowest BCUT2D eigenvalue weighted by Gasteiger charge is -2.15. The van der Waals surface area contributed by atoms with Gasteiger partial charge in [-0.15, -0.1) is 0 Å². The van der Waals surface area contributed by atoms with Crippen molar-refractivity contribution in [2.45, 2.75) is 51.4 Å². The average Bonchev–Trinajstić information content (AvgIpc) is 2.67. The van der Waals surface area contributed by atoms with Crippen molar-refractivity contribution in [3.63, 3.8) is 0 Å². The van der Waals surface area contributed by atoms with Gasteiger partial charge < -0.3 is 14.8 Å². The third-order valence-corrected chi connectivity index (χ3v) is 8.11. The van der Waals surface area contributed by atoms with E-state index in [0.717, 1.165) is 23.5 Å². The molecule has 0 bridgehead atoms. The number of benzene rings is 2. The first kappa shape index (κ1) is 24.9. The fourth-order valence-corrected chi connectivity index (χ4v) is 4.04. The molecule has 31 heavy (non-hydrogen) atoms. The number of ether oxygens (including phenoxy) is 2. The van der Waals surface area contributed by atoms with Gasteiger partial charge in [0, 0.05) is 27.5 Å². The second-order valence-corrected chi connectivity index (χ2v) is 21.4. The van der Waals surface area contributed by atoms with Crippen molar-refractivity contribution in [2.24, 2.45) is 0 Å². The summed E-state index contributed by atoms with van der Waals surface area (Å²) in [6, 6.07) is 16.3. The van der Waals surface area contributed by atoms with Gasteiger partial charge in [0.1, 0.15) is 0 Å². The van der Waals surface area contributed by atoms with Gasteiger partial charge in [-0.25, -0.2) is 9.59 Å². The molecule has 0 aromatic heterocycles. The van der Waals surface area contributed by atoms with E-state index >= 15 is 0 Å². The molecule has 0 aliphatic heterocycles. The van der Waals surface area contributed by atoms with E-state index in [-0.39, 0.29) is 11.9 Å². The van der Waals surface area contributed by atoms with Crippen molar-refractivity contribution in [2.75, 3.05) is 18.5 Å². The van der Waals surface area contributed by atoms with E-state index in [2.05, 4.69) is 44.6 Å². The molecule has 2 rings (SSSR count). The summed E-state index contributed by atoms with van der Waals surface area (Å²) in [5, 5.41) is 3.27. The zero-order valence-corrected chi connectivity index (χ0v) is 21.6. The third kappa shape index (κ3) is 9.52. The van der Waals surface area contributed by atoms with Gasteiger partial charge in [-0.2, -0.15) is 0 Å². The SMILES string of the molecule is C[Si](C)(C)CCOC(=O)c1ccc(Nc2ccc(C(=O)OCC[Si](C)(C)C)cc2)cc1. The molecular formula is C24H35NO4Si2. The number of carbonyl (C=O) groups excluding carboxylic acids is 2. The molecule has 0 amide bonds. The lowest BCUT2D eigenvalue weighted by Crippen LogP contribution is -2.22. The van der Waals surface area contributed by atoms with Crippen molar-refractivity contribution >= 4 is 39.5 Å². The lowest BCUT2D eigenvalue weighted by atomic mass is 10.2. The fourth-order valence-electron chi connectivity index (χ4n) is 2.61. The number of esters is 2. The minimum Gasteiger partial charge on any atom is -0.462 e. The van der Waals surface area contributed by atoms with Gasteiger partial charge in [0.15, 0.2) is 0 Å². The van der Waals surface area contributed by atoms with Crippen LogP contribution in [0.2, 0.25) is 51.4 Å². The first-order valence-corrected chi connectivity index (χ1v) is 18.2. The highest BCUT2D eigenvalue weighted by Crippen LogP contribution is 2.19. The van der Waals surface area contributed by atoms with Crippen LogP contribution in [0.15, 0.2) is 48.5 Å². The normalized spacial score (nSPS) is 11.7. The minimum absolute atomic E-state index is 0.290. The molecule has 0 aliphatic rings. The second kappa shape index (κ2) is 10.8. The van der Waals surface area contributed by atoms with Gasteiger partial charge in [0.2, 0.25) is 0 Å². The van der Waals surface area contributed by atoms with Crippen molar-refractivity contribution in [1.29, 1.82) is 0 Å². The molecule has 1 N–H and O–H groups in total. The number of hydrogen-bond donors (Lipinski definition) is 1. The standard InChI is InChI=1S/C24H35NO4Si2/c1-30(2,3)17-15-28-23(26)19-7-11-21(12-8-19)25-22-13-9-20(10-14-22)24(27)29-16-18-31(4,5)6/h7-14,25H,15-18H2,1-6H3. The van der Waals surface area contributed by atoms with E-state index in [0.29, 0.717) is 24.3 Å². The van der Waals surface area contributed by atoms with Crippen LogP contribution in [-0.2, 0) is 9.47 Å². The van der Waals surface area contributed by atoms with E-state index in [4.69, 9.17) is 9.47 Å². The second-order valence-electron chi connectivity index (χ2n) is 10.2. The fraction of sp³-hybridized carbons (Fsp3) is 0.417. The van der Waals surface area contributed by atoms with Gasteiger partial charge in [0.25, 0.3) is 0 Å². The first-order valence-electron chi connectivity index (χ1n) is 10.7. The van der Waals surface area contributed by atoms with Gasteiger partial charge in [-0.1, -0.05) is 39.3 Å². The number of nitrogens with one attached hydrogen (secondary N) is 1. The molecule has 0 saturated carbocycles. The molecule has 168 valence electrons. The molecule has 2 aromatic rings. The van der Waals surface area contributed by atoms with Gasteiger partial charge in [-0.3, -0.25) is 0 Å². The molecule has 2 aromatic carbocycles. The Kier molecular flexibility index (Phi) is 8.64. The monoisotopic (exact) mass is 457 g/mol. The van der Waals surface area contributed by atoms with Crippen LogP contribution in [0.4, 0.5) is 11.4 Å². The van der Waals surface area contributed by atoms with Gasteiger partial charge >= 0.3 is 11.9 Å². The summed E-state index contributed by atoms with van der Waals surface area (Å²) in [5.41, 5.74) is 2.78. The quantitative estimate of drug-likeness (QED) is 0.329. The molecule has 0 radical (unpaired) electrons. The van der Waals surface area contributed by atoms with Crippen LogP contribution in [0.25, 0.3) is 0 Å². The number of anilines is 2. The summed E-state index contributed by atoms with van der Waals surface area (Å²) in [6.07, 6.45) is 0. The minimum atomic E-state index is -1.22. The van der Waals surface area contributed by atoms with Crippen molar-refractivity contribution in [3.05, 3.63) is 59.7 Å². The number of carbonyl (C=O) groups is 2. The number of rotatable bonds is 10. The Labute approximate surface area is 188 Å². The Morgan fingerprint density at radius 3 is 1.26 bits per heavy atom. The van der Waals surface area contributed by atoms with E-state index in [1.165, 1.54) is 0 Å². The van der Waals surface area contributed by atoms with Crippen molar-refractivity contribution in [3.8, 4) is 0 Å². The summed E-state index contributed by atoms with van der Waals surface area (Å²) in [5.74, 6) is -0.580. The summed E-state index contributed by atoms with van der Waals surface area (Å²) in [4.78, 5) is 24.3. The molecule has 0 unspecified atom stereocenters. The van der Waals surface area contributed by atoms with Crippen LogP contribution in [-0.4, -0.2) is 41.3 Å². The predicted octanol–water partition coefficient (Wildman–Crippen LogP) is 6.42. The highest BCUT2D eigenvalue weighted by molar-refractivity contribution is 6.76. The molecule has 5 nitrogen and oxygen atoms in total. The summed E-state index contributed by atoms with van der Waals surface area (Å²) < 4.78 is 10.8. The van der Waals surface area contributed by atoms with Crippen LogP contribution >= 0.6 is 0 Å².